The molecule has 2 unspecified atom stereocenters. The van der Waals surface area contributed by atoms with Gasteiger partial charge < -0.3 is 10.6 Å². The predicted octanol–water partition coefficient (Wildman–Crippen LogP) is 2.61. The average Bonchev–Trinajstić information content (AvgIpc) is 2.34. The molecule has 1 aromatic carbocycles. The minimum absolute atomic E-state index is 0.429. The number of nitrogens with zero attached hydrogens (tertiary/aromatic N) is 2. The summed E-state index contributed by atoms with van der Waals surface area (Å²) in [6.45, 7) is 6.61. The van der Waals surface area contributed by atoms with Crippen LogP contribution in [0.25, 0.3) is 0 Å². The molecule has 3 nitrogen and oxygen atoms in total. The number of benzene rings is 1. The smallest absolute Gasteiger partial charge is 0.105 e. The van der Waals surface area contributed by atoms with Gasteiger partial charge in [0, 0.05) is 40.9 Å². The van der Waals surface area contributed by atoms with Gasteiger partial charge in [-0.3, -0.25) is 4.90 Å². The van der Waals surface area contributed by atoms with Crippen molar-refractivity contribution in [2.24, 2.45) is 5.73 Å². The summed E-state index contributed by atoms with van der Waals surface area (Å²) in [5.41, 5.74) is 7.80. The van der Waals surface area contributed by atoms with E-state index in [-0.39, 0.29) is 0 Å². The monoisotopic (exact) mass is 341 g/mol. The fourth-order valence-corrected chi connectivity index (χ4v) is 3.41. The molecule has 0 aliphatic carbocycles. The van der Waals surface area contributed by atoms with Gasteiger partial charge in [0.15, 0.2) is 0 Å². The Hall–Kier alpha value is -0.650. The van der Waals surface area contributed by atoms with Crippen LogP contribution in [0, 0.1) is 0 Å². The van der Waals surface area contributed by atoms with Crippen LogP contribution < -0.4 is 10.6 Å². The molecule has 2 rings (SSSR count). The summed E-state index contributed by atoms with van der Waals surface area (Å²) < 4.78 is 0.969. The molecule has 1 aliphatic rings. The second-order valence-electron chi connectivity index (χ2n) is 5.30. The van der Waals surface area contributed by atoms with Gasteiger partial charge in [0.1, 0.15) is 4.99 Å². The van der Waals surface area contributed by atoms with E-state index in [0.29, 0.717) is 17.1 Å². The standard InChI is InChI=1S/C14H20BrN3S/c1-9-7-18(8-10(2)17(9)3)11-4-5-12(14(16)19)13(15)6-11/h4-6,9-10H,7-8H2,1-3H3,(H2,16,19). The lowest BCUT2D eigenvalue weighted by Crippen LogP contribution is -2.55. The van der Waals surface area contributed by atoms with E-state index >= 15 is 0 Å². The molecule has 0 amide bonds. The normalized spacial score (nSPS) is 24.5. The first-order chi connectivity index (χ1) is 8.90. The number of hydrogen-bond acceptors (Lipinski definition) is 3. The number of halogens is 1. The molecule has 5 heteroatoms. The molecule has 1 aromatic rings. The summed E-state index contributed by atoms with van der Waals surface area (Å²) in [5.74, 6) is 0. The Morgan fingerprint density at radius 3 is 2.37 bits per heavy atom. The van der Waals surface area contributed by atoms with E-state index in [4.69, 9.17) is 18.0 Å². The maximum Gasteiger partial charge on any atom is 0.105 e. The first-order valence-corrected chi connectivity index (χ1v) is 7.66. The Labute approximate surface area is 128 Å². The third-order valence-corrected chi connectivity index (χ3v) is 4.82. The molecular weight excluding hydrogens is 322 g/mol. The van der Waals surface area contributed by atoms with Crippen LogP contribution in [-0.4, -0.2) is 42.1 Å². The summed E-state index contributed by atoms with van der Waals surface area (Å²) >= 11 is 8.58. The molecule has 1 saturated heterocycles. The third kappa shape index (κ3) is 3.09. The molecule has 104 valence electrons. The predicted molar refractivity (Wildman–Crippen MR) is 88.9 cm³/mol. The van der Waals surface area contributed by atoms with Crippen LogP contribution in [0.2, 0.25) is 0 Å². The summed E-state index contributed by atoms with van der Waals surface area (Å²) in [6, 6.07) is 7.31. The van der Waals surface area contributed by atoms with Gasteiger partial charge >= 0.3 is 0 Å². The van der Waals surface area contributed by atoms with Crippen molar-refractivity contribution in [3.8, 4) is 0 Å². The molecule has 2 atom stereocenters. The van der Waals surface area contributed by atoms with Crippen LogP contribution in [-0.2, 0) is 0 Å². The second kappa shape index (κ2) is 5.77. The number of hydrogen-bond donors (Lipinski definition) is 1. The zero-order chi connectivity index (χ0) is 14.2. The van der Waals surface area contributed by atoms with E-state index in [2.05, 4.69) is 58.8 Å². The summed E-state index contributed by atoms with van der Waals surface area (Å²) in [6.07, 6.45) is 0. The van der Waals surface area contributed by atoms with E-state index in [9.17, 15) is 0 Å². The molecule has 0 radical (unpaired) electrons. The SMILES string of the molecule is CC1CN(c2ccc(C(N)=S)c(Br)c2)CC(C)N1C. The lowest BCUT2D eigenvalue weighted by atomic mass is 10.1. The molecule has 0 aromatic heterocycles. The van der Waals surface area contributed by atoms with E-state index < -0.39 is 0 Å². The zero-order valence-corrected chi connectivity index (χ0v) is 14.0. The fraction of sp³-hybridized carbons (Fsp3) is 0.500. The van der Waals surface area contributed by atoms with Crippen LogP contribution in [0.3, 0.4) is 0 Å². The number of nitrogens with two attached hydrogens (primary N) is 1. The molecular formula is C14H20BrN3S. The van der Waals surface area contributed by atoms with E-state index in [1.165, 1.54) is 5.69 Å². The number of anilines is 1. The molecule has 1 aliphatic heterocycles. The van der Waals surface area contributed by atoms with Crippen LogP contribution in [0.5, 0.6) is 0 Å². The Kier molecular flexibility index (Phi) is 4.48. The van der Waals surface area contributed by atoms with Gasteiger partial charge in [-0.25, -0.2) is 0 Å². The topological polar surface area (TPSA) is 32.5 Å². The van der Waals surface area contributed by atoms with Gasteiger partial charge in [-0.2, -0.15) is 0 Å². The molecule has 19 heavy (non-hydrogen) atoms. The van der Waals surface area contributed by atoms with Crippen molar-refractivity contribution in [3.63, 3.8) is 0 Å². The maximum absolute atomic E-state index is 5.69. The highest BCUT2D eigenvalue weighted by Gasteiger charge is 2.26. The maximum atomic E-state index is 5.69. The van der Waals surface area contributed by atoms with Crippen molar-refractivity contribution in [1.82, 2.24) is 4.90 Å². The largest absolute Gasteiger partial charge is 0.389 e. The molecule has 2 N–H and O–H groups in total. The van der Waals surface area contributed by atoms with Gasteiger partial charge in [0.2, 0.25) is 0 Å². The lowest BCUT2D eigenvalue weighted by Gasteiger charge is -2.43. The van der Waals surface area contributed by atoms with Crippen LogP contribution in [0.15, 0.2) is 22.7 Å². The number of thiocarbonyl (C=S) groups is 1. The minimum Gasteiger partial charge on any atom is -0.389 e. The summed E-state index contributed by atoms with van der Waals surface area (Å²) in [7, 11) is 2.19. The molecule has 1 fully saturated rings. The highest BCUT2D eigenvalue weighted by molar-refractivity contribution is 9.10. The van der Waals surface area contributed by atoms with Crippen molar-refractivity contribution >= 4 is 38.8 Å². The number of piperazine rings is 1. The summed E-state index contributed by atoms with van der Waals surface area (Å²) in [5, 5.41) is 0. The zero-order valence-electron chi connectivity index (χ0n) is 11.6. The molecule has 0 saturated carbocycles. The fourth-order valence-electron chi connectivity index (χ4n) is 2.52. The Morgan fingerprint density at radius 2 is 1.89 bits per heavy atom. The molecule has 1 heterocycles. The average molecular weight is 342 g/mol. The molecule has 0 bridgehead atoms. The van der Waals surface area contributed by atoms with Gasteiger partial charge in [-0.05, 0) is 55.0 Å². The van der Waals surface area contributed by atoms with E-state index in [0.717, 1.165) is 23.1 Å². The molecule has 0 spiro atoms. The first kappa shape index (κ1) is 14.8. The number of rotatable bonds is 2. The van der Waals surface area contributed by atoms with Crippen molar-refractivity contribution in [3.05, 3.63) is 28.2 Å². The van der Waals surface area contributed by atoms with Crippen molar-refractivity contribution < 1.29 is 0 Å². The highest BCUT2D eigenvalue weighted by Crippen LogP contribution is 2.27. The Bertz CT molecular complexity index is 480. The van der Waals surface area contributed by atoms with E-state index in [1.54, 1.807) is 0 Å². The van der Waals surface area contributed by atoms with E-state index in [1.807, 2.05) is 6.07 Å². The van der Waals surface area contributed by atoms with Gasteiger partial charge in [-0.15, -0.1) is 0 Å². The summed E-state index contributed by atoms with van der Waals surface area (Å²) in [4.78, 5) is 5.27. The minimum atomic E-state index is 0.429. The van der Waals surface area contributed by atoms with Gasteiger partial charge in [0.05, 0.1) is 0 Å². The quantitative estimate of drug-likeness (QED) is 0.838. The number of likely N-dealkylation sites (N-methyl/N-ethyl adjacent to an activating group) is 1. The van der Waals surface area contributed by atoms with Crippen molar-refractivity contribution in [2.75, 3.05) is 25.0 Å². The van der Waals surface area contributed by atoms with Crippen molar-refractivity contribution in [1.29, 1.82) is 0 Å². The van der Waals surface area contributed by atoms with Crippen LogP contribution >= 0.6 is 28.1 Å². The Balaban J connectivity index is 2.23. The Morgan fingerprint density at radius 1 is 1.32 bits per heavy atom. The van der Waals surface area contributed by atoms with Crippen LogP contribution in [0.4, 0.5) is 5.69 Å². The first-order valence-electron chi connectivity index (χ1n) is 6.46. The van der Waals surface area contributed by atoms with Crippen LogP contribution in [0.1, 0.15) is 19.4 Å². The van der Waals surface area contributed by atoms with Crippen molar-refractivity contribution in [2.45, 2.75) is 25.9 Å². The highest BCUT2D eigenvalue weighted by atomic mass is 79.9. The third-order valence-electron chi connectivity index (χ3n) is 3.94. The van der Waals surface area contributed by atoms with Gasteiger partial charge in [-0.1, -0.05) is 12.2 Å². The lowest BCUT2D eigenvalue weighted by molar-refractivity contribution is 0.170. The second-order valence-corrected chi connectivity index (χ2v) is 6.59. The van der Waals surface area contributed by atoms with Gasteiger partial charge in [0.25, 0.3) is 0 Å².